The van der Waals surface area contributed by atoms with E-state index < -0.39 is 17.5 Å². The first-order valence-electron chi connectivity index (χ1n) is 10.4. The standard InChI is InChI=1S/C23H26ClN3O4/c1-14-11-17(15(2)26(14)12-16-7-6-10-31-16)20(28)13-27-21(29)23(3,25-22(27)30)18-8-4-5-9-19(18)24/h4-5,8-9,11,16H,6-7,10,12-13H2,1-3H3,(H,25,30)/t16?,23-/m1/s1. The summed E-state index contributed by atoms with van der Waals surface area (Å²) in [4.78, 5) is 39.8. The molecule has 0 spiro atoms. The summed E-state index contributed by atoms with van der Waals surface area (Å²) in [7, 11) is 0. The molecule has 0 saturated carbocycles. The summed E-state index contributed by atoms with van der Waals surface area (Å²) in [5.41, 5.74) is 1.47. The number of Topliss-reactive ketones (excluding diaryl/α,β-unsaturated/α-hetero) is 1. The van der Waals surface area contributed by atoms with Gasteiger partial charge in [0.15, 0.2) is 5.78 Å². The molecule has 4 rings (SSSR count). The lowest BCUT2D eigenvalue weighted by Crippen LogP contribution is -2.41. The predicted molar refractivity (Wildman–Crippen MR) is 116 cm³/mol. The highest BCUT2D eigenvalue weighted by molar-refractivity contribution is 6.32. The van der Waals surface area contributed by atoms with Crippen molar-refractivity contribution in [1.82, 2.24) is 14.8 Å². The number of urea groups is 1. The number of benzene rings is 1. The maximum atomic E-state index is 13.2. The molecule has 3 heterocycles. The molecular formula is C23H26ClN3O4. The number of nitrogens with zero attached hydrogens (tertiary/aromatic N) is 2. The van der Waals surface area contributed by atoms with Crippen LogP contribution in [-0.4, -0.2) is 46.4 Å². The number of hydrogen-bond donors (Lipinski definition) is 1. The van der Waals surface area contributed by atoms with Crippen LogP contribution in [0.15, 0.2) is 30.3 Å². The number of carbonyl (C=O) groups excluding carboxylic acids is 3. The molecule has 2 aliphatic heterocycles. The van der Waals surface area contributed by atoms with Crippen molar-refractivity contribution >= 4 is 29.3 Å². The molecule has 2 saturated heterocycles. The van der Waals surface area contributed by atoms with Gasteiger partial charge in [0.25, 0.3) is 5.91 Å². The Balaban J connectivity index is 1.54. The molecular weight excluding hydrogens is 418 g/mol. The highest BCUT2D eigenvalue weighted by atomic mass is 35.5. The predicted octanol–water partition coefficient (Wildman–Crippen LogP) is 3.59. The third-order valence-electron chi connectivity index (χ3n) is 6.27. The average Bonchev–Trinajstić information content (AvgIpc) is 3.40. The van der Waals surface area contributed by atoms with E-state index in [4.69, 9.17) is 16.3 Å². The van der Waals surface area contributed by atoms with Gasteiger partial charge < -0.3 is 14.6 Å². The van der Waals surface area contributed by atoms with E-state index in [1.807, 2.05) is 19.9 Å². The normalized spacial score (nSPS) is 23.5. The van der Waals surface area contributed by atoms with Crippen LogP contribution in [0.3, 0.4) is 0 Å². The Morgan fingerprint density at radius 3 is 2.71 bits per heavy atom. The Morgan fingerprint density at radius 1 is 1.29 bits per heavy atom. The Kier molecular flexibility index (Phi) is 5.66. The molecule has 164 valence electrons. The molecule has 1 N–H and O–H groups in total. The van der Waals surface area contributed by atoms with Crippen LogP contribution in [0.25, 0.3) is 0 Å². The highest BCUT2D eigenvalue weighted by Crippen LogP contribution is 2.33. The Morgan fingerprint density at radius 2 is 2.03 bits per heavy atom. The molecule has 3 amide bonds. The van der Waals surface area contributed by atoms with Gasteiger partial charge in [0, 0.05) is 40.7 Å². The fourth-order valence-corrected chi connectivity index (χ4v) is 4.80. The molecule has 2 atom stereocenters. The summed E-state index contributed by atoms with van der Waals surface area (Å²) in [6.45, 7) is 6.57. The van der Waals surface area contributed by atoms with Gasteiger partial charge in [-0.05, 0) is 45.7 Å². The van der Waals surface area contributed by atoms with E-state index in [9.17, 15) is 14.4 Å². The summed E-state index contributed by atoms with van der Waals surface area (Å²) < 4.78 is 7.80. The lowest BCUT2D eigenvalue weighted by molar-refractivity contribution is -0.130. The number of imide groups is 1. The van der Waals surface area contributed by atoms with Crippen LogP contribution >= 0.6 is 11.6 Å². The second-order valence-corrected chi connectivity index (χ2v) is 8.79. The molecule has 2 aromatic rings. The number of hydrogen-bond acceptors (Lipinski definition) is 4. The molecule has 1 unspecified atom stereocenters. The number of carbonyl (C=O) groups is 3. The van der Waals surface area contributed by atoms with Gasteiger partial charge in [-0.25, -0.2) is 4.79 Å². The zero-order valence-electron chi connectivity index (χ0n) is 17.9. The number of rotatable bonds is 6. The van der Waals surface area contributed by atoms with Gasteiger partial charge in [0.2, 0.25) is 0 Å². The van der Waals surface area contributed by atoms with Crippen LogP contribution in [0.4, 0.5) is 4.79 Å². The summed E-state index contributed by atoms with van der Waals surface area (Å²) >= 11 is 6.27. The smallest absolute Gasteiger partial charge is 0.325 e. The highest BCUT2D eigenvalue weighted by Gasteiger charge is 2.50. The van der Waals surface area contributed by atoms with Crippen LogP contribution in [-0.2, 0) is 21.6 Å². The maximum Gasteiger partial charge on any atom is 0.325 e. The molecule has 1 aromatic heterocycles. The number of ketones is 1. The third-order valence-corrected chi connectivity index (χ3v) is 6.60. The SMILES string of the molecule is Cc1cc(C(=O)CN2C(=O)N[C@](C)(c3ccccc3Cl)C2=O)c(C)n1CC1CCCO1. The number of nitrogens with one attached hydrogen (secondary N) is 1. The first kappa shape index (κ1) is 21.6. The summed E-state index contributed by atoms with van der Waals surface area (Å²) in [5.74, 6) is -0.772. The molecule has 0 aliphatic carbocycles. The van der Waals surface area contributed by atoms with Gasteiger partial charge in [-0.2, -0.15) is 0 Å². The molecule has 2 fully saturated rings. The number of aryl methyl sites for hydroxylation is 1. The lowest BCUT2D eigenvalue weighted by Gasteiger charge is -2.23. The van der Waals surface area contributed by atoms with Crippen molar-refractivity contribution in [2.75, 3.05) is 13.2 Å². The van der Waals surface area contributed by atoms with Gasteiger partial charge >= 0.3 is 6.03 Å². The van der Waals surface area contributed by atoms with E-state index >= 15 is 0 Å². The van der Waals surface area contributed by atoms with Crippen molar-refractivity contribution < 1.29 is 19.1 Å². The molecule has 0 bridgehead atoms. The van der Waals surface area contributed by atoms with E-state index in [0.717, 1.165) is 35.7 Å². The molecule has 2 aliphatic rings. The van der Waals surface area contributed by atoms with Gasteiger partial charge in [-0.1, -0.05) is 29.8 Å². The minimum atomic E-state index is -1.31. The Hall–Kier alpha value is -2.64. The van der Waals surface area contributed by atoms with Gasteiger partial charge in [-0.15, -0.1) is 0 Å². The summed E-state index contributed by atoms with van der Waals surface area (Å²) in [5, 5.41) is 3.08. The first-order valence-corrected chi connectivity index (χ1v) is 10.8. The molecule has 31 heavy (non-hydrogen) atoms. The van der Waals surface area contributed by atoms with Crippen LogP contribution in [0.2, 0.25) is 5.02 Å². The largest absolute Gasteiger partial charge is 0.376 e. The number of ether oxygens (including phenoxy) is 1. The van der Waals surface area contributed by atoms with Crippen molar-refractivity contribution in [3.05, 3.63) is 57.9 Å². The first-order chi connectivity index (χ1) is 14.7. The second-order valence-electron chi connectivity index (χ2n) is 8.38. The van der Waals surface area contributed by atoms with Crippen molar-refractivity contribution in [2.45, 2.75) is 51.8 Å². The molecule has 0 radical (unpaired) electrons. The monoisotopic (exact) mass is 443 g/mol. The number of amides is 3. The summed E-state index contributed by atoms with van der Waals surface area (Å²) in [6, 6.07) is 8.09. The maximum absolute atomic E-state index is 13.2. The van der Waals surface area contributed by atoms with Crippen LogP contribution in [0.5, 0.6) is 0 Å². The molecule has 1 aromatic carbocycles. The molecule has 8 heteroatoms. The van der Waals surface area contributed by atoms with E-state index in [0.29, 0.717) is 22.7 Å². The van der Waals surface area contributed by atoms with E-state index in [1.165, 1.54) is 0 Å². The molecule has 7 nitrogen and oxygen atoms in total. The van der Waals surface area contributed by atoms with E-state index in [-0.39, 0.29) is 18.4 Å². The third kappa shape index (κ3) is 3.77. The van der Waals surface area contributed by atoms with Crippen LogP contribution in [0, 0.1) is 13.8 Å². The van der Waals surface area contributed by atoms with Crippen molar-refractivity contribution in [3.8, 4) is 0 Å². The van der Waals surface area contributed by atoms with Gasteiger partial charge in [-0.3, -0.25) is 14.5 Å². The quantitative estimate of drug-likeness (QED) is 0.546. The summed E-state index contributed by atoms with van der Waals surface area (Å²) in [6.07, 6.45) is 2.20. The number of halogens is 1. The minimum absolute atomic E-state index is 0.148. The van der Waals surface area contributed by atoms with Crippen molar-refractivity contribution in [2.24, 2.45) is 0 Å². The second kappa shape index (κ2) is 8.13. The topological polar surface area (TPSA) is 80.6 Å². The number of aromatic nitrogens is 1. The Labute approximate surface area is 186 Å². The van der Waals surface area contributed by atoms with Crippen LogP contribution in [0.1, 0.15) is 47.1 Å². The van der Waals surface area contributed by atoms with E-state index in [2.05, 4.69) is 9.88 Å². The zero-order valence-corrected chi connectivity index (χ0v) is 18.7. The van der Waals surface area contributed by atoms with E-state index in [1.54, 1.807) is 31.2 Å². The van der Waals surface area contributed by atoms with Crippen molar-refractivity contribution in [1.29, 1.82) is 0 Å². The average molecular weight is 444 g/mol. The van der Waals surface area contributed by atoms with Crippen LogP contribution < -0.4 is 5.32 Å². The Bertz CT molecular complexity index is 1060. The van der Waals surface area contributed by atoms with Gasteiger partial charge in [0.05, 0.1) is 12.6 Å². The minimum Gasteiger partial charge on any atom is -0.376 e. The fraction of sp³-hybridized carbons (Fsp3) is 0.435. The van der Waals surface area contributed by atoms with Gasteiger partial charge in [0.1, 0.15) is 5.54 Å². The zero-order chi connectivity index (χ0) is 22.3. The fourth-order valence-electron chi connectivity index (χ4n) is 4.47. The lowest BCUT2D eigenvalue weighted by atomic mass is 9.92. The van der Waals surface area contributed by atoms with Crippen molar-refractivity contribution in [3.63, 3.8) is 0 Å².